The van der Waals surface area contributed by atoms with E-state index in [1.807, 2.05) is 30.3 Å². The third kappa shape index (κ3) is 3.75. The van der Waals surface area contributed by atoms with E-state index in [-0.39, 0.29) is 5.56 Å². The van der Waals surface area contributed by atoms with Crippen LogP contribution in [0.4, 0.5) is 13.2 Å². The van der Waals surface area contributed by atoms with Crippen LogP contribution in [0.3, 0.4) is 0 Å². The lowest BCUT2D eigenvalue weighted by Gasteiger charge is -2.25. The molecule has 136 valence electrons. The summed E-state index contributed by atoms with van der Waals surface area (Å²) in [5.41, 5.74) is -0.216. The van der Waals surface area contributed by atoms with E-state index in [2.05, 4.69) is 18.1 Å². The van der Waals surface area contributed by atoms with Crippen LogP contribution in [0.2, 0.25) is 13.1 Å². The summed E-state index contributed by atoms with van der Waals surface area (Å²) < 4.78 is 46.1. The summed E-state index contributed by atoms with van der Waals surface area (Å²) >= 11 is 0. The molecule has 0 aliphatic heterocycles. The van der Waals surface area contributed by atoms with E-state index in [9.17, 15) is 13.2 Å². The molecule has 1 aromatic heterocycles. The van der Waals surface area contributed by atoms with E-state index in [4.69, 9.17) is 4.74 Å². The number of ether oxygens (including phenoxy) is 1. The van der Waals surface area contributed by atoms with Crippen LogP contribution in [-0.4, -0.2) is 20.2 Å². The Balaban J connectivity index is 2.13. The monoisotopic (exact) mass is 375 g/mol. The maximum Gasteiger partial charge on any atom is 0.433 e. The Morgan fingerprint density at radius 1 is 1.00 bits per heavy atom. The van der Waals surface area contributed by atoms with Gasteiger partial charge in [-0.1, -0.05) is 48.6 Å². The zero-order valence-corrected chi connectivity index (χ0v) is 15.9. The Morgan fingerprint density at radius 3 is 2.31 bits per heavy atom. The molecular weight excluding hydrogens is 355 g/mol. The highest BCUT2D eigenvalue weighted by Crippen LogP contribution is 2.34. The Hall–Kier alpha value is -2.34. The predicted molar refractivity (Wildman–Crippen MR) is 101 cm³/mol. The van der Waals surface area contributed by atoms with Crippen LogP contribution < -0.4 is 9.92 Å². The van der Waals surface area contributed by atoms with Crippen LogP contribution >= 0.6 is 0 Å². The Morgan fingerprint density at radius 2 is 1.69 bits per heavy atom. The molecule has 0 atom stereocenters. The molecule has 1 heterocycles. The molecule has 3 rings (SSSR count). The zero-order valence-electron chi connectivity index (χ0n) is 14.9. The van der Waals surface area contributed by atoms with Crippen molar-refractivity contribution >= 4 is 24.2 Å². The number of hydrogen-bond donors (Lipinski definition) is 0. The van der Waals surface area contributed by atoms with Crippen molar-refractivity contribution in [2.24, 2.45) is 0 Å². The first kappa shape index (κ1) is 18.4. The largest absolute Gasteiger partial charge is 0.497 e. The summed E-state index contributed by atoms with van der Waals surface area (Å²) in [5, 5.41) is 1.78. The Kier molecular flexibility index (Phi) is 4.79. The highest BCUT2D eigenvalue weighted by molar-refractivity contribution is 6.89. The highest BCUT2D eigenvalue weighted by Gasteiger charge is 2.37. The van der Waals surface area contributed by atoms with Crippen molar-refractivity contribution in [2.75, 3.05) is 7.11 Å². The standard InChI is InChI=1S/C20H20F3NOSi/c1-25-16-9-10-18-14(12-16)11-15(19(24-18)20(21,22)23)13-26(2,3)17-7-5-4-6-8-17/h4-12H,13H2,1-3H3. The van der Waals surface area contributed by atoms with E-state index in [0.717, 1.165) is 5.19 Å². The molecule has 0 aliphatic rings. The minimum Gasteiger partial charge on any atom is -0.497 e. The van der Waals surface area contributed by atoms with Crippen molar-refractivity contribution < 1.29 is 17.9 Å². The molecule has 0 amide bonds. The number of pyridine rings is 1. The van der Waals surface area contributed by atoms with Gasteiger partial charge in [-0.25, -0.2) is 4.98 Å². The molecule has 0 radical (unpaired) electrons. The van der Waals surface area contributed by atoms with E-state index in [1.165, 1.54) is 7.11 Å². The molecule has 2 aromatic carbocycles. The summed E-state index contributed by atoms with van der Waals surface area (Å²) in [6, 6.07) is 16.7. The van der Waals surface area contributed by atoms with Gasteiger partial charge in [0.2, 0.25) is 0 Å². The topological polar surface area (TPSA) is 22.1 Å². The number of fused-ring (bicyclic) bond motifs is 1. The van der Waals surface area contributed by atoms with Gasteiger partial charge < -0.3 is 4.74 Å². The fraction of sp³-hybridized carbons (Fsp3) is 0.250. The first-order valence-corrected chi connectivity index (χ1v) is 11.5. The molecule has 2 nitrogen and oxygen atoms in total. The summed E-state index contributed by atoms with van der Waals surface area (Å²) in [6.07, 6.45) is -4.48. The second-order valence-electron chi connectivity index (χ2n) is 6.98. The lowest BCUT2D eigenvalue weighted by molar-refractivity contribution is -0.141. The van der Waals surface area contributed by atoms with Crippen molar-refractivity contribution in [2.45, 2.75) is 25.3 Å². The lowest BCUT2D eigenvalue weighted by atomic mass is 10.1. The number of hydrogen-bond acceptors (Lipinski definition) is 2. The second-order valence-corrected chi connectivity index (χ2v) is 11.7. The number of nitrogens with zero attached hydrogens (tertiary/aromatic N) is 1. The molecule has 0 spiro atoms. The first-order valence-electron chi connectivity index (χ1n) is 8.31. The van der Waals surface area contributed by atoms with Gasteiger partial charge in [-0.2, -0.15) is 13.2 Å². The molecule has 3 aromatic rings. The first-order chi connectivity index (χ1) is 12.2. The van der Waals surface area contributed by atoms with Crippen LogP contribution in [0.5, 0.6) is 5.75 Å². The van der Waals surface area contributed by atoms with Gasteiger partial charge in [0.1, 0.15) is 11.4 Å². The minimum atomic E-state index is -4.48. The number of rotatable bonds is 4. The van der Waals surface area contributed by atoms with Gasteiger partial charge in [0.05, 0.1) is 20.7 Å². The fourth-order valence-corrected chi connectivity index (χ4v) is 5.69. The number of aromatic nitrogens is 1. The highest BCUT2D eigenvalue weighted by atomic mass is 28.3. The third-order valence-corrected chi connectivity index (χ3v) is 7.72. The van der Waals surface area contributed by atoms with Gasteiger partial charge in [-0.15, -0.1) is 0 Å². The number of halogens is 3. The van der Waals surface area contributed by atoms with Crippen LogP contribution in [0.1, 0.15) is 11.3 Å². The summed E-state index contributed by atoms with van der Waals surface area (Å²) in [5.74, 6) is 0.601. The van der Waals surface area contributed by atoms with Crippen LogP contribution in [0.25, 0.3) is 10.9 Å². The summed E-state index contributed by atoms with van der Waals surface area (Å²) in [4.78, 5) is 3.94. The normalized spacial score (nSPS) is 12.4. The van der Waals surface area contributed by atoms with Crippen LogP contribution in [-0.2, 0) is 12.2 Å². The molecule has 0 fully saturated rings. The van der Waals surface area contributed by atoms with E-state index < -0.39 is 19.9 Å². The molecular formula is C20H20F3NOSi. The van der Waals surface area contributed by atoms with Crippen molar-refractivity contribution in [1.82, 2.24) is 4.98 Å². The second kappa shape index (κ2) is 6.76. The molecule has 0 aliphatic carbocycles. The maximum atomic E-state index is 13.6. The van der Waals surface area contributed by atoms with Crippen LogP contribution in [0.15, 0.2) is 54.6 Å². The van der Waals surface area contributed by atoms with Crippen molar-refractivity contribution in [1.29, 1.82) is 0 Å². The van der Waals surface area contributed by atoms with E-state index in [0.29, 0.717) is 22.7 Å². The maximum absolute atomic E-state index is 13.6. The van der Waals surface area contributed by atoms with Gasteiger partial charge in [0.25, 0.3) is 0 Å². The molecule has 26 heavy (non-hydrogen) atoms. The van der Waals surface area contributed by atoms with Crippen molar-refractivity contribution in [3.8, 4) is 5.75 Å². The number of methoxy groups -OCH3 is 1. The molecule has 0 unspecified atom stereocenters. The molecule has 6 heteroatoms. The quantitative estimate of drug-likeness (QED) is 0.602. The molecule has 0 saturated heterocycles. The average molecular weight is 375 g/mol. The van der Waals surface area contributed by atoms with Crippen LogP contribution in [0, 0.1) is 0 Å². The molecule has 0 saturated carbocycles. The van der Waals surface area contributed by atoms with Gasteiger partial charge >= 0.3 is 6.18 Å². The minimum absolute atomic E-state index is 0.249. The van der Waals surface area contributed by atoms with Crippen molar-refractivity contribution in [3.05, 3.63) is 65.9 Å². The zero-order chi connectivity index (χ0) is 18.9. The van der Waals surface area contributed by atoms with E-state index >= 15 is 0 Å². The Bertz CT molecular complexity index is 923. The fourth-order valence-electron chi connectivity index (χ4n) is 3.17. The lowest BCUT2D eigenvalue weighted by Crippen LogP contribution is -2.44. The third-order valence-electron chi connectivity index (χ3n) is 4.56. The van der Waals surface area contributed by atoms with Gasteiger partial charge in [-0.05, 0) is 35.9 Å². The SMILES string of the molecule is COc1ccc2nc(C(F)(F)F)c(C[Si](C)(C)c3ccccc3)cc2c1. The number of benzene rings is 2. The van der Waals surface area contributed by atoms with Gasteiger partial charge in [0.15, 0.2) is 0 Å². The predicted octanol–water partition coefficient (Wildman–Crippen LogP) is 4.96. The summed E-state index contributed by atoms with van der Waals surface area (Å²) in [6.45, 7) is 4.16. The number of alkyl halides is 3. The summed E-state index contributed by atoms with van der Waals surface area (Å²) in [7, 11) is -0.578. The van der Waals surface area contributed by atoms with Crippen molar-refractivity contribution in [3.63, 3.8) is 0 Å². The Labute approximate surface area is 151 Å². The molecule has 0 bridgehead atoms. The average Bonchev–Trinajstić information content (AvgIpc) is 2.60. The van der Waals surface area contributed by atoms with E-state index in [1.54, 1.807) is 24.3 Å². The van der Waals surface area contributed by atoms with Gasteiger partial charge in [0, 0.05) is 5.39 Å². The smallest absolute Gasteiger partial charge is 0.433 e. The van der Waals surface area contributed by atoms with Gasteiger partial charge in [-0.3, -0.25) is 0 Å². The molecule has 0 N–H and O–H groups in total.